The zero-order valence-corrected chi connectivity index (χ0v) is 12.3. The van der Waals surface area contributed by atoms with Crippen LogP contribution >= 0.6 is 0 Å². The van der Waals surface area contributed by atoms with Crippen LogP contribution in [-0.4, -0.2) is 49.3 Å². The van der Waals surface area contributed by atoms with Gasteiger partial charge in [0.2, 0.25) is 0 Å². The van der Waals surface area contributed by atoms with Crippen LogP contribution in [0.2, 0.25) is 0 Å². The van der Waals surface area contributed by atoms with Gasteiger partial charge < -0.3 is 9.64 Å². The molecule has 2 rings (SSSR count). The van der Waals surface area contributed by atoms with E-state index in [1.165, 1.54) is 25.7 Å². The Balaban J connectivity index is 1.62. The zero-order valence-electron chi connectivity index (χ0n) is 12.3. The smallest absolute Gasteiger partial charge is 0.104 e. The van der Waals surface area contributed by atoms with Gasteiger partial charge >= 0.3 is 0 Å². The summed E-state index contributed by atoms with van der Waals surface area (Å²) in [7, 11) is 2.15. The Hall–Kier alpha value is -0.630. The van der Waals surface area contributed by atoms with Crippen molar-refractivity contribution in [2.45, 2.75) is 63.1 Å². The molecule has 1 aliphatic heterocycles. The molecule has 2 atom stereocenters. The van der Waals surface area contributed by atoms with Crippen molar-refractivity contribution in [3.63, 3.8) is 0 Å². The summed E-state index contributed by atoms with van der Waals surface area (Å²) < 4.78 is 5.65. The van der Waals surface area contributed by atoms with Crippen LogP contribution in [0, 0.1) is 11.3 Å². The van der Waals surface area contributed by atoms with Crippen LogP contribution in [0.4, 0.5) is 0 Å². The van der Waals surface area contributed by atoms with Gasteiger partial charge in [0.25, 0.3) is 0 Å². The van der Waals surface area contributed by atoms with Crippen molar-refractivity contribution < 1.29 is 4.74 Å². The van der Waals surface area contributed by atoms with Gasteiger partial charge in [0, 0.05) is 19.2 Å². The number of likely N-dealkylation sites (N-methyl/N-ethyl adjacent to an activating group) is 1. The summed E-state index contributed by atoms with van der Waals surface area (Å²) in [5.41, 5.74) is -0.341. The molecule has 1 aliphatic carbocycles. The Kier molecular flexibility index (Phi) is 5.20. The molecule has 4 nitrogen and oxygen atoms in total. The summed E-state index contributed by atoms with van der Waals surface area (Å²) in [6.07, 6.45) is 7.28. The molecule has 19 heavy (non-hydrogen) atoms. The maximum atomic E-state index is 9.31. The maximum Gasteiger partial charge on any atom is 0.104 e. The topological polar surface area (TPSA) is 48.3 Å². The van der Waals surface area contributed by atoms with E-state index in [9.17, 15) is 5.26 Å². The standard InChI is InChI=1S/C15H27N3O/c1-15(12-16,17-13-6-7-13)8-4-9-18(2)11-14-5-3-10-19-14/h13-14,17H,3-11H2,1-2H3. The van der Waals surface area contributed by atoms with E-state index in [1.54, 1.807) is 0 Å². The Labute approximate surface area is 117 Å². The van der Waals surface area contributed by atoms with Crippen LogP contribution < -0.4 is 5.32 Å². The number of nitrogens with one attached hydrogen (secondary N) is 1. The fourth-order valence-electron chi connectivity index (χ4n) is 2.77. The number of hydrogen-bond acceptors (Lipinski definition) is 4. The SMILES string of the molecule is CN(CCCC(C)(C#N)NC1CC1)CC1CCCO1. The average molecular weight is 265 g/mol. The first kappa shape index (κ1) is 14.8. The molecule has 0 aromatic rings. The average Bonchev–Trinajstić information content (AvgIpc) is 3.03. The number of nitriles is 1. The molecule has 1 heterocycles. The molecule has 1 N–H and O–H groups in total. The van der Waals surface area contributed by atoms with Gasteiger partial charge in [0.15, 0.2) is 0 Å². The largest absolute Gasteiger partial charge is 0.377 e. The lowest BCUT2D eigenvalue weighted by atomic mass is 9.97. The van der Waals surface area contributed by atoms with Crippen LogP contribution in [0.25, 0.3) is 0 Å². The third kappa shape index (κ3) is 5.10. The molecule has 2 aliphatic rings. The fraction of sp³-hybridized carbons (Fsp3) is 0.933. The first-order valence-corrected chi connectivity index (χ1v) is 7.60. The Morgan fingerprint density at radius 1 is 1.42 bits per heavy atom. The zero-order chi connectivity index (χ0) is 13.7. The molecule has 1 saturated heterocycles. The van der Waals surface area contributed by atoms with Gasteiger partial charge in [-0.1, -0.05) is 0 Å². The molecule has 0 aromatic carbocycles. The molecule has 2 fully saturated rings. The third-order valence-corrected chi connectivity index (χ3v) is 4.10. The Bertz CT molecular complexity index is 318. The van der Waals surface area contributed by atoms with Gasteiger partial charge in [-0.05, 0) is 59.0 Å². The molecule has 0 amide bonds. The van der Waals surface area contributed by atoms with E-state index in [2.05, 4.69) is 23.3 Å². The summed E-state index contributed by atoms with van der Waals surface area (Å²) in [6.45, 7) is 5.03. The molecule has 1 saturated carbocycles. The van der Waals surface area contributed by atoms with Crippen molar-refractivity contribution in [2.24, 2.45) is 0 Å². The van der Waals surface area contributed by atoms with Gasteiger partial charge in [0.1, 0.15) is 5.54 Å². The monoisotopic (exact) mass is 265 g/mol. The molecule has 0 aromatic heterocycles. The molecule has 108 valence electrons. The quantitative estimate of drug-likeness (QED) is 0.728. The highest BCUT2D eigenvalue weighted by Crippen LogP contribution is 2.24. The summed E-state index contributed by atoms with van der Waals surface area (Å²) in [5, 5.41) is 12.8. The van der Waals surface area contributed by atoms with Gasteiger partial charge in [-0.15, -0.1) is 0 Å². The van der Waals surface area contributed by atoms with Crippen molar-refractivity contribution in [3.05, 3.63) is 0 Å². The molecule has 0 bridgehead atoms. The van der Waals surface area contributed by atoms with Crippen LogP contribution in [0.1, 0.15) is 45.4 Å². The van der Waals surface area contributed by atoms with Gasteiger partial charge in [0.05, 0.1) is 12.2 Å². The van der Waals surface area contributed by atoms with Crippen LogP contribution in [0.5, 0.6) is 0 Å². The van der Waals surface area contributed by atoms with E-state index in [1.807, 2.05) is 6.92 Å². The van der Waals surface area contributed by atoms with Crippen molar-refractivity contribution in [3.8, 4) is 6.07 Å². The van der Waals surface area contributed by atoms with E-state index in [-0.39, 0.29) is 5.54 Å². The van der Waals surface area contributed by atoms with E-state index in [0.29, 0.717) is 12.1 Å². The highest BCUT2D eigenvalue weighted by Gasteiger charge is 2.32. The van der Waals surface area contributed by atoms with E-state index < -0.39 is 0 Å². The Morgan fingerprint density at radius 2 is 2.21 bits per heavy atom. The van der Waals surface area contributed by atoms with Crippen molar-refractivity contribution in [2.75, 3.05) is 26.7 Å². The molecular weight excluding hydrogens is 238 g/mol. The van der Waals surface area contributed by atoms with Crippen LogP contribution in [0.3, 0.4) is 0 Å². The molecular formula is C15H27N3O. The second-order valence-electron chi connectivity index (χ2n) is 6.36. The van der Waals surface area contributed by atoms with Crippen molar-refractivity contribution in [1.29, 1.82) is 5.26 Å². The molecule has 0 spiro atoms. The summed E-state index contributed by atoms with van der Waals surface area (Å²) >= 11 is 0. The first-order chi connectivity index (χ1) is 9.11. The second-order valence-corrected chi connectivity index (χ2v) is 6.36. The molecule has 4 heteroatoms. The summed E-state index contributed by atoms with van der Waals surface area (Å²) in [6, 6.07) is 3.03. The van der Waals surface area contributed by atoms with Gasteiger partial charge in [-0.25, -0.2) is 0 Å². The highest BCUT2D eigenvalue weighted by atomic mass is 16.5. The minimum atomic E-state index is -0.341. The predicted octanol–water partition coefficient (Wildman–Crippen LogP) is 1.91. The van der Waals surface area contributed by atoms with Gasteiger partial charge in [-0.3, -0.25) is 5.32 Å². The highest BCUT2D eigenvalue weighted by molar-refractivity contribution is 5.07. The number of nitrogens with zero attached hydrogens (tertiary/aromatic N) is 2. The van der Waals surface area contributed by atoms with Crippen molar-refractivity contribution in [1.82, 2.24) is 10.2 Å². The normalized spacial score (nSPS) is 26.3. The van der Waals surface area contributed by atoms with Crippen LogP contribution in [-0.2, 0) is 4.74 Å². The lowest BCUT2D eigenvalue weighted by molar-refractivity contribution is 0.0804. The minimum absolute atomic E-state index is 0.341. The van der Waals surface area contributed by atoms with E-state index in [0.717, 1.165) is 32.5 Å². The number of ether oxygens (including phenoxy) is 1. The Morgan fingerprint density at radius 3 is 2.79 bits per heavy atom. The summed E-state index contributed by atoms with van der Waals surface area (Å²) in [4.78, 5) is 2.34. The first-order valence-electron chi connectivity index (χ1n) is 7.60. The second kappa shape index (κ2) is 6.69. The van der Waals surface area contributed by atoms with Crippen LogP contribution in [0.15, 0.2) is 0 Å². The maximum absolute atomic E-state index is 9.31. The fourth-order valence-corrected chi connectivity index (χ4v) is 2.77. The van der Waals surface area contributed by atoms with Gasteiger partial charge in [-0.2, -0.15) is 5.26 Å². The number of rotatable bonds is 8. The molecule has 2 unspecified atom stereocenters. The predicted molar refractivity (Wildman–Crippen MR) is 75.9 cm³/mol. The lowest BCUT2D eigenvalue weighted by Gasteiger charge is -2.25. The number of hydrogen-bond donors (Lipinski definition) is 1. The third-order valence-electron chi connectivity index (χ3n) is 4.10. The molecule has 0 radical (unpaired) electrons. The summed E-state index contributed by atoms with van der Waals surface area (Å²) in [5.74, 6) is 0. The van der Waals surface area contributed by atoms with E-state index >= 15 is 0 Å². The lowest BCUT2D eigenvalue weighted by Crippen LogP contribution is -2.43. The van der Waals surface area contributed by atoms with E-state index in [4.69, 9.17) is 4.74 Å². The minimum Gasteiger partial charge on any atom is -0.377 e. The van der Waals surface area contributed by atoms with Crippen molar-refractivity contribution >= 4 is 0 Å².